The quantitative estimate of drug-likeness (QED) is 0.155. The molecule has 1 atom stereocenters. The highest BCUT2D eigenvalue weighted by atomic mass is 79.9. The maximum atomic E-state index is 13.2. The molecule has 0 fully saturated rings. The highest BCUT2D eigenvalue weighted by molar-refractivity contribution is 9.11. The zero-order valence-corrected chi connectivity index (χ0v) is 21.2. The Morgan fingerprint density at radius 1 is 1.06 bits per heavy atom. The van der Waals surface area contributed by atoms with Gasteiger partial charge in [-0.2, -0.15) is 0 Å². The Bertz CT molecular complexity index is 1090. The molecule has 4 nitrogen and oxygen atoms in total. The molecule has 0 aliphatic heterocycles. The predicted octanol–water partition coefficient (Wildman–Crippen LogP) is 6.53. The number of rotatable bonds is 6. The molecule has 3 aromatic carbocycles. The molecule has 31 heavy (non-hydrogen) atoms. The molecule has 160 valence electrons. The highest BCUT2D eigenvalue weighted by Crippen LogP contribution is 2.34. The number of anilines is 1. The van der Waals surface area contributed by atoms with E-state index < -0.39 is 5.25 Å². The fraction of sp³-hybridized carbons (Fsp3) is 0.167. The summed E-state index contributed by atoms with van der Waals surface area (Å²) in [7, 11) is 2.00. The number of carbonyl (C=O) groups excluding carboxylic acids is 1. The summed E-state index contributed by atoms with van der Waals surface area (Å²) >= 11 is 8.13. The number of aromatic hydroxyl groups is 1. The number of carbonyl (C=O) groups is 1. The molecule has 0 amide bonds. The molecule has 0 saturated carbocycles. The summed E-state index contributed by atoms with van der Waals surface area (Å²) in [6, 6.07) is 23.4. The van der Waals surface area contributed by atoms with Gasteiger partial charge in [-0.3, -0.25) is 9.37 Å². The predicted molar refractivity (Wildman–Crippen MR) is 136 cm³/mol. The van der Waals surface area contributed by atoms with Crippen LogP contribution in [0.15, 0.2) is 81.7 Å². The Hall–Kier alpha value is -2.09. The minimum Gasteiger partial charge on any atom is -0.506 e. The Morgan fingerprint density at radius 2 is 1.68 bits per heavy atom. The number of phenolic OH excluding ortho intramolecular Hbond substituents is 1. The van der Waals surface area contributed by atoms with Crippen molar-refractivity contribution in [1.29, 1.82) is 0 Å². The summed E-state index contributed by atoms with van der Waals surface area (Å²) in [6.45, 7) is 2.54. The molecule has 0 heterocycles. The second kappa shape index (κ2) is 11.0. The summed E-state index contributed by atoms with van der Waals surface area (Å²) in [4.78, 5) is 13.2. The molecule has 0 saturated heterocycles. The van der Waals surface area contributed by atoms with Crippen LogP contribution in [0.1, 0.15) is 22.8 Å². The lowest BCUT2D eigenvalue weighted by Gasteiger charge is -2.14. The van der Waals surface area contributed by atoms with E-state index in [0.717, 1.165) is 15.3 Å². The van der Waals surface area contributed by atoms with Crippen molar-refractivity contribution in [2.24, 2.45) is 0 Å². The van der Waals surface area contributed by atoms with Crippen LogP contribution in [0.2, 0.25) is 0 Å². The number of thioether (sulfide) groups is 1. The average molecular weight is 563 g/mol. The van der Waals surface area contributed by atoms with E-state index in [-0.39, 0.29) is 17.1 Å². The zero-order chi connectivity index (χ0) is 22.4. The van der Waals surface area contributed by atoms with Crippen LogP contribution in [0.25, 0.3) is 0 Å². The van der Waals surface area contributed by atoms with Crippen LogP contribution in [0.4, 0.5) is 5.69 Å². The first-order valence-corrected chi connectivity index (χ1v) is 12.1. The molecular formula is C24H23Br2N2O2S+. The van der Waals surface area contributed by atoms with Gasteiger partial charge in [0.25, 0.3) is 0 Å². The number of halogens is 2. The molecule has 1 unspecified atom stereocenters. The maximum absolute atomic E-state index is 13.2. The van der Waals surface area contributed by atoms with E-state index in [0.29, 0.717) is 11.0 Å². The summed E-state index contributed by atoms with van der Waals surface area (Å²) < 4.78 is 3.30. The van der Waals surface area contributed by atoms with Gasteiger partial charge in [-0.25, -0.2) is 5.32 Å². The number of benzene rings is 3. The highest BCUT2D eigenvalue weighted by Gasteiger charge is 2.26. The Balaban J connectivity index is 1.88. The fourth-order valence-corrected chi connectivity index (χ4v) is 5.20. The average Bonchev–Trinajstić information content (AvgIpc) is 2.76. The van der Waals surface area contributed by atoms with E-state index in [1.807, 2.05) is 62.5 Å². The number of amidine groups is 1. The molecule has 0 bridgehead atoms. The summed E-state index contributed by atoms with van der Waals surface area (Å²) in [6.07, 6.45) is 0. The first kappa shape index (κ1) is 23.6. The molecule has 0 spiro atoms. The lowest BCUT2D eigenvalue weighted by Crippen LogP contribution is -2.26. The lowest BCUT2D eigenvalue weighted by molar-refractivity contribution is -0.511. The van der Waals surface area contributed by atoms with Gasteiger partial charge in [0.2, 0.25) is 0 Å². The van der Waals surface area contributed by atoms with Gasteiger partial charge in [0.15, 0.2) is 5.78 Å². The zero-order valence-electron chi connectivity index (χ0n) is 17.2. The van der Waals surface area contributed by atoms with Crippen LogP contribution in [0.5, 0.6) is 5.75 Å². The van der Waals surface area contributed by atoms with Crippen LogP contribution >= 0.6 is 43.6 Å². The first-order valence-electron chi connectivity index (χ1n) is 9.68. The first-order chi connectivity index (χ1) is 14.8. The number of hydrogen-bond donors (Lipinski definition) is 2. The maximum Gasteiger partial charge on any atom is 0.312 e. The van der Waals surface area contributed by atoms with Crippen molar-refractivity contribution in [1.82, 2.24) is 0 Å². The number of nitrogens with one attached hydrogen (secondary N) is 1. The van der Waals surface area contributed by atoms with Gasteiger partial charge >= 0.3 is 5.17 Å². The van der Waals surface area contributed by atoms with Crippen molar-refractivity contribution in [3.8, 4) is 5.75 Å². The number of Topliss-reactive ketones (excluding diaryl/α,β-unsaturated/α-hetero) is 1. The third-order valence-corrected chi connectivity index (χ3v) is 6.85. The normalized spacial score (nSPS) is 12.8. The Morgan fingerprint density at radius 3 is 2.32 bits per heavy atom. The van der Waals surface area contributed by atoms with Crippen LogP contribution in [0.3, 0.4) is 0 Å². The van der Waals surface area contributed by atoms with E-state index >= 15 is 0 Å². The standard InChI is InChI=1S/C24H22Br2N2O2S/c1-16(22(29)20-13-18(25)14-21(26)23(20)30)31-24(27-19-11-7-4-8-12-19)28(2)15-17-9-5-3-6-10-17/h3-14,16H,15H2,1-2H3,(H,29,30)/p+1. The fourth-order valence-electron chi connectivity index (χ4n) is 2.98. The Labute approximate surface area is 203 Å². The van der Waals surface area contributed by atoms with E-state index in [1.54, 1.807) is 12.1 Å². The van der Waals surface area contributed by atoms with Crippen LogP contribution in [0, 0.1) is 0 Å². The van der Waals surface area contributed by atoms with Crippen molar-refractivity contribution in [3.63, 3.8) is 0 Å². The molecule has 3 rings (SSSR count). The Kier molecular flexibility index (Phi) is 8.35. The second-order valence-electron chi connectivity index (χ2n) is 7.05. The van der Waals surface area contributed by atoms with Crippen LogP contribution < -0.4 is 5.32 Å². The molecule has 2 N–H and O–H groups in total. The lowest BCUT2D eigenvalue weighted by atomic mass is 10.1. The van der Waals surface area contributed by atoms with Gasteiger partial charge in [-0.05, 0) is 64.4 Å². The van der Waals surface area contributed by atoms with Crippen LogP contribution in [-0.2, 0) is 6.54 Å². The van der Waals surface area contributed by atoms with Crippen LogP contribution in [-0.4, -0.2) is 32.9 Å². The third kappa shape index (κ3) is 6.45. The van der Waals surface area contributed by atoms with Crippen molar-refractivity contribution in [3.05, 3.63) is 92.9 Å². The molecular weight excluding hydrogens is 540 g/mol. The monoisotopic (exact) mass is 561 g/mol. The summed E-state index contributed by atoms with van der Waals surface area (Å²) in [5, 5.41) is 14.3. The SMILES string of the molecule is CC(SC(Nc1ccccc1)=[N+](C)Cc1ccccc1)C(=O)c1cc(Br)cc(Br)c1O. The topological polar surface area (TPSA) is 52.3 Å². The molecule has 0 aromatic heterocycles. The van der Waals surface area contributed by atoms with Gasteiger partial charge in [0.05, 0.1) is 22.3 Å². The van der Waals surface area contributed by atoms with Gasteiger partial charge in [0, 0.05) is 4.47 Å². The van der Waals surface area contributed by atoms with Gasteiger partial charge in [-0.15, -0.1) is 0 Å². The van der Waals surface area contributed by atoms with E-state index in [1.165, 1.54) is 17.3 Å². The number of ketones is 1. The molecule has 7 heteroatoms. The van der Waals surface area contributed by atoms with E-state index in [2.05, 4.69) is 53.9 Å². The smallest absolute Gasteiger partial charge is 0.312 e. The van der Waals surface area contributed by atoms with Crippen molar-refractivity contribution in [2.45, 2.75) is 18.7 Å². The molecule has 0 aliphatic carbocycles. The van der Waals surface area contributed by atoms with Gasteiger partial charge < -0.3 is 5.11 Å². The van der Waals surface area contributed by atoms with E-state index in [9.17, 15) is 9.90 Å². The van der Waals surface area contributed by atoms with Crippen molar-refractivity contribution < 1.29 is 14.5 Å². The van der Waals surface area contributed by atoms with Crippen molar-refractivity contribution >= 4 is 60.3 Å². The minimum atomic E-state index is -0.420. The molecule has 0 radical (unpaired) electrons. The number of nitrogens with zero attached hydrogens (tertiary/aromatic N) is 1. The second-order valence-corrected chi connectivity index (χ2v) is 10.1. The van der Waals surface area contributed by atoms with Crippen molar-refractivity contribution in [2.75, 3.05) is 12.4 Å². The number of para-hydroxylation sites is 1. The number of phenols is 1. The summed E-state index contributed by atoms with van der Waals surface area (Å²) in [5.74, 6) is -0.194. The molecule has 3 aromatic rings. The molecule has 0 aliphatic rings. The minimum absolute atomic E-state index is 0.0455. The number of hydrogen-bond acceptors (Lipinski definition) is 3. The van der Waals surface area contributed by atoms with Gasteiger partial charge in [0.1, 0.15) is 18.0 Å². The largest absolute Gasteiger partial charge is 0.506 e. The van der Waals surface area contributed by atoms with Gasteiger partial charge in [-0.1, -0.05) is 64.5 Å². The summed E-state index contributed by atoms with van der Waals surface area (Å²) in [5.41, 5.74) is 2.40. The van der Waals surface area contributed by atoms with E-state index in [4.69, 9.17) is 0 Å². The third-order valence-electron chi connectivity index (χ3n) is 4.59.